The highest BCUT2D eigenvalue weighted by Gasteiger charge is 2.38. The first-order valence-electron chi connectivity index (χ1n) is 8.68. The minimum absolute atomic E-state index is 0.0370. The molecule has 1 amide bonds. The molecule has 2 rings (SSSR count). The number of carbonyl (C=O) groups is 2. The van der Waals surface area contributed by atoms with Crippen molar-refractivity contribution in [1.82, 2.24) is 5.32 Å². The van der Waals surface area contributed by atoms with E-state index in [-0.39, 0.29) is 12.0 Å². The summed E-state index contributed by atoms with van der Waals surface area (Å²) >= 11 is 0. The Morgan fingerprint density at radius 1 is 1.17 bits per heavy atom. The molecule has 2 aliphatic heterocycles. The third-order valence-electron chi connectivity index (χ3n) is 4.56. The number of nitrogens with one attached hydrogen (secondary N) is 1. The minimum Gasteiger partial charge on any atom is -0.480 e. The van der Waals surface area contributed by atoms with Gasteiger partial charge in [-0.05, 0) is 58.3 Å². The summed E-state index contributed by atoms with van der Waals surface area (Å²) < 4.78 is 16.4. The molecule has 3 atom stereocenters. The number of rotatable bonds is 4. The van der Waals surface area contributed by atoms with Gasteiger partial charge in [-0.2, -0.15) is 0 Å². The average molecular weight is 343 g/mol. The third-order valence-corrected chi connectivity index (χ3v) is 4.56. The summed E-state index contributed by atoms with van der Waals surface area (Å²) in [4.78, 5) is 23.6. The van der Waals surface area contributed by atoms with E-state index < -0.39 is 23.7 Å². The number of hydrogen-bond acceptors (Lipinski definition) is 5. The minimum atomic E-state index is -1.03. The number of alkyl carbamates (subject to hydrolysis) is 1. The molecule has 0 aliphatic carbocycles. The monoisotopic (exact) mass is 343 g/mol. The molecular formula is C17H29NO6. The molecule has 7 nitrogen and oxygen atoms in total. The van der Waals surface area contributed by atoms with Crippen LogP contribution in [0.4, 0.5) is 4.79 Å². The summed E-state index contributed by atoms with van der Waals surface area (Å²) in [6, 6.07) is -0.953. The normalized spacial score (nSPS) is 27.3. The van der Waals surface area contributed by atoms with Crippen molar-refractivity contribution in [2.24, 2.45) is 11.8 Å². The van der Waals surface area contributed by atoms with Crippen LogP contribution in [-0.2, 0) is 19.0 Å². The van der Waals surface area contributed by atoms with Crippen molar-refractivity contribution >= 4 is 12.1 Å². The summed E-state index contributed by atoms with van der Waals surface area (Å²) in [5.74, 6) is -0.785. The van der Waals surface area contributed by atoms with Gasteiger partial charge in [-0.15, -0.1) is 0 Å². The summed E-state index contributed by atoms with van der Waals surface area (Å²) in [6.45, 7) is 7.22. The van der Waals surface area contributed by atoms with Gasteiger partial charge in [0.15, 0.2) is 0 Å². The molecule has 2 heterocycles. The molecule has 2 saturated heterocycles. The maximum Gasteiger partial charge on any atom is 0.408 e. The fourth-order valence-corrected chi connectivity index (χ4v) is 3.39. The van der Waals surface area contributed by atoms with Crippen molar-refractivity contribution in [1.29, 1.82) is 0 Å². The number of carboxylic acid groups (broad SMARTS) is 1. The molecular weight excluding hydrogens is 314 g/mol. The van der Waals surface area contributed by atoms with Crippen LogP contribution in [0.5, 0.6) is 0 Å². The molecule has 0 spiro atoms. The van der Waals surface area contributed by atoms with Crippen LogP contribution in [0.15, 0.2) is 0 Å². The molecule has 3 unspecified atom stereocenters. The van der Waals surface area contributed by atoms with Gasteiger partial charge in [-0.1, -0.05) is 0 Å². The van der Waals surface area contributed by atoms with Gasteiger partial charge in [-0.3, -0.25) is 0 Å². The molecule has 0 saturated carbocycles. The van der Waals surface area contributed by atoms with Crippen LogP contribution in [0.1, 0.15) is 46.5 Å². The van der Waals surface area contributed by atoms with Crippen LogP contribution in [0.25, 0.3) is 0 Å². The maximum atomic E-state index is 12.0. The van der Waals surface area contributed by atoms with Gasteiger partial charge < -0.3 is 24.6 Å². The van der Waals surface area contributed by atoms with Gasteiger partial charge in [0, 0.05) is 19.8 Å². The highest BCUT2D eigenvalue weighted by molar-refractivity contribution is 5.80. The van der Waals surface area contributed by atoms with Gasteiger partial charge in [0.2, 0.25) is 0 Å². The Morgan fingerprint density at radius 2 is 1.83 bits per heavy atom. The van der Waals surface area contributed by atoms with Gasteiger partial charge in [0.25, 0.3) is 0 Å². The van der Waals surface area contributed by atoms with Crippen LogP contribution >= 0.6 is 0 Å². The molecule has 0 aromatic carbocycles. The largest absolute Gasteiger partial charge is 0.480 e. The Hall–Kier alpha value is -1.34. The molecule has 0 aromatic rings. The molecule has 138 valence electrons. The first-order chi connectivity index (χ1) is 11.3. The lowest BCUT2D eigenvalue weighted by Gasteiger charge is -2.38. The van der Waals surface area contributed by atoms with Crippen molar-refractivity contribution in [3.8, 4) is 0 Å². The molecule has 2 fully saturated rings. The highest BCUT2D eigenvalue weighted by atomic mass is 16.6. The van der Waals surface area contributed by atoms with Crippen LogP contribution in [-0.4, -0.2) is 54.7 Å². The van der Waals surface area contributed by atoms with Crippen molar-refractivity contribution in [2.45, 2.75) is 64.2 Å². The number of ether oxygens (including phenoxy) is 3. The van der Waals surface area contributed by atoms with Crippen LogP contribution in [0, 0.1) is 11.8 Å². The van der Waals surface area contributed by atoms with Crippen molar-refractivity contribution in [2.75, 3.05) is 19.8 Å². The second-order valence-corrected chi connectivity index (χ2v) is 7.61. The smallest absolute Gasteiger partial charge is 0.408 e. The first-order valence-corrected chi connectivity index (χ1v) is 8.68. The van der Waals surface area contributed by atoms with Crippen molar-refractivity contribution in [3.05, 3.63) is 0 Å². The SMILES string of the molecule is CC(C)(C)OC(=O)NC(C(=O)O)C1CCOC(C2CCOCC2)C1. The summed E-state index contributed by atoms with van der Waals surface area (Å²) in [5, 5.41) is 12.1. The lowest BCUT2D eigenvalue weighted by molar-refractivity contribution is -0.143. The van der Waals surface area contributed by atoms with Gasteiger partial charge in [0.05, 0.1) is 6.10 Å². The first kappa shape index (κ1) is 19.0. The molecule has 24 heavy (non-hydrogen) atoms. The Bertz CT molecular complexity index is 441. The Balaban J connectivity index is 1.96. The van der Waals surface area contributed by atoms with E-state index in [2.05, 4.69) is 5.32 Å². The molecule has 2 N–H and O–H groups in total. The molecule has 0 aromatic heterocycles. The zero-order chi connectivity index (χ0) is 17.7. The third kappa shape index (κ3) is 5.63. The Labute approximate surface area is 143 Å². The summed E-state index contributed by atoms with van der Waals surface area (Å²) in [6.07, 6.45) is 2.48. The van der Waals surface area contributed by atoms with E-state index in [0.29, 0.717) is 25.4 Å². The molecule has 0 bridgehead atoms. The average Bonchev–Trinajstić information content (AvgIpc) is 2.52. The fraction of sp³-hybridized carbons (Fsp3) is 0.882. The van der Waals surface area contributed by atoms with Crippen LogP contribution in [0.2, 0.25) is 0 Å². The zero-order valence-electron chi connectivity index (χ0n) is 14.7. The van der Waals surface area contributed by atoms with E-state index in [0.717, 1.165) is 26.1 Å². The number of carbonyl (C=O) groups excluding carboxylic acids is 1. The molecule has 7 heteroatoms. The van der Waals surface area contributed by atoms with E-state index >= 15 is 0 Å². The number of amides is 1. The standard InChI is InChI=1S/C17H29NO6/c1-17(2,3)24-16(21)18-14(15(19)20)12-6-9-23-13(10-12)11-4-7-22-8-5-11/h11-14H,4-10H2,1-3H3,(H,18,21)(H,19,20). The predicted molar refractivity (Wildman–Crippen MR) is 86.8 cm³/mol. The lowest BCUT2D eigenvalue weighted by atomic mass is 9.81. The van der Waals surface area contributed by atoms with Gasteiger partial charge in [-0.25, -0.2) is 9.59 Å². The Kier molecular flexibility index (Phi) is 6.46. The van der Waals surface area contributed by atoms with Gasteiger partial charge in [0.1, 0.15) is 11.6 Å². The van der Waals surface area contributed by atoms with Crippen LogP contribution in [0.3, 0.4) is 0 Å². The topological polar surface area (TPSA) is 94.1 Å². The van der Waals surface area contributed by atoms with E-state index in [9.17, 15) is 14.7 Å². The number of hydrogen-bond donors (Lipinski definition) is 2. The molecule has 0 radical (unpaired) electrons. The van der Waals surface area contributed by atoms with E-state index in [1.54, 1.807) is 20.8 Å². The second-order valence-electron chi connectivity index (χ2n) is 7.61. The Morgan fingerprint density at radius 3 is 2.42 bits per heavy atom. The molecule has 2 aliphatic rings. The maximum absolute atomic E-state index is 12.0. The van der Waals surface area contributed by atoms with E-state index in [1.165, 1.54) is 0 Å². The number of aliphatic carboxylic acids is 1. The quantitative estimate of drug-likeness (QED) is 0.812. The zero-order valence-corrected chi connectivity index (χ0v) is 14.7. The van der Waals surface area contributed by atoms with E-state index in [4.69, 9.17) is 14.2 Å². The van der Waals surface area contributed by atoms with E-state index in [1.807, 2.05) is 0 Å². The van der Waals surface area contributed by atoms with Crippen LogP contribution < -0.4 is 5.32 Å². The summed E-state index contributed by atoms with van der Waals surface area (Å²) in [7, 11) is 0. The second kappa shape index (κ2) is 8.16. The van der Waals surface area contributed by atoms with Gasteiger partial charge >= 0.3 is 12.1 Å². The summed E-state index contributed by atoms with van der Waals surface area (Å²) in [5.41, 5.74) is -0.659. The fourth-order valence-electron chi connectivity index (χ4n) is 3.39. The van der Waals surface area contributed by atoms with Crippen molar-refractivity contribution in [3.63, 3.8) is 0 Å². The lowest BCUT2D eigenvalue weighted by Crippen LogP contribution is -2.50. The number of carboxylic acids is 1. The van der Waals surface area contributed by atoms with Crippen molar-refractivity contribution < 1.29 is 28.9 Å². The highest BCUT2D eigenvalue weighted by Crippen LogP contribution is 2.32. The predicted octanol–water partition coefficient (Wildman–Crippen LogP) is 2.19.